The Morgan fingerprint density at radius 3 is 2.95 bits per heavy atom. The van der Waals surface area contributed by atoms with Gasteiger partial charge in [0, 0.05) is 23.3 Å². The molecule has 1 heterocycles. The standard InChI is InChI=1S/C15H21N3O/c1-11-8-17-9-12(18-11)7-13(19)14-3-2-4-15(16,10-14)6-5-14/h8-9H,2-7,10,16H2,1H3. The summed E-state index contributed by atoms with van der Waals surface area (Å²) in [5.41, 5.74) is 7.77. The van der Waals surface area contributed by atoms with E-state index in [0.717, 1.165) is 49.9 Å². The number of aromatic nitrogens is 2. The molecule has 0 aromatic carbocycles. The lowest BCUT2D eigenvalue weighted by Gasteiger charge is -2.36. The predicted molar refractivity (Wildman–Crippen MR) is 72.5 cm³/mol. The van der Waals surface area contributed by atoms with Crippen molar-refractivity contribution in [3.63, 3.8) is 0 Å². The maximum absolute atomic E-state index is 12.7. The lowest BCUT2D eigenvalue weighted by molar-refractivity contribution is -0.129. The number of Topliss-reactive ketones (excluding diaryl/α,β-unsaturated/α-hetero) is 1. The molecular weight excluding hydrogens is 238 g/mol. The van der Waals surface area contributed by atoms with Gasteiger partial charge >= 0.3 is 0 Å². The van der Waals surface area contributed by atoms with Crippen LogP contribution in [-0.2, 0) is 11.2 Å². The molecule has 0 saturated heterocycles. The van der Waals surface area contributed by atoms with E-state index in [1.54, 1.807) is 12.4 Å². The van der Waals surface area contributed by atoms with Gasteiger partial charge < -0.3 is 5.73 Å². The van der Waals surface area contributed by atoms with Crippen molar-refractivity contribution in [2.45, 2.75) is 57.4 Å². The summed E-state index contributed by atoms with van der Waals surface area (Å²) in [6.07, 6.45) is 9.82. The lowest BCUT2D eigenvalue weighted by Crippen LogP contribution is -2.44. The Kier molecular flexibility index (Phi) is 2.93. The second-order valence-corrected chi connectivity index (χ2v) is 6.42. The van der Waals surface area contributed by atoms with Gasteiger partial charge in [0.05, 0.1) is 17.8 Å². The van der Waals surface area contributed by atoms with E-state index in [2.05, 4.69) is 9.97 Å². The van der Waals surface area contributed by atoms with Gasteiger partial charge in [-0.2, -0.15) is 0 Å². The molecule has 4 nitrogen and oxygen atoms in total. The minimum atomic E-state index is -0.168. The molecule has 2 N–H and O–H groups in total. The Labute approximate surface area is 113 Å². The molecule has 2 unspecified atom stereocenters. The minimum Gasteiger partial charge on any atom is -0.325 e. The highest BCUT2D eigenvalue weighted by atomic mass is 16.1. The van der Waals surface area contributed by atoms with Crippen LogP contribution in [0.4, 0.5) is 0 Å². The van der Waals surface area contributed by atoms with Crippen molar-refractivity contribution < 1.29 is 4.79 Å². The molecule has 0 spiro atoms. The summed E-state index contributed by atoms with van der Waals surface area (Å²) < 4.78 is 0. The molecule has 19 heavy (non-hydrogen) atoms. The highest BCUT2D eigenvalue weighted by Gasteiger charge is 2.52. The number of aryl methyl sites for hydroxylation is 1. The summed E-state index contributed by atoms with van der Waals surface area (Å²) in [5, 5.41) is 0. The van der Waals surface area contributed by atoms with Gasteiger partial charge in [0.1, 0.15) is 5.78 Å². The van der Waals surface area contributed by atoms with E-state index in [1.807, 2.05) is 6.92 Å². The largest absolute Gasteiger partial charge is 0.325 e. The number of hydrogen-bond acceptors (Lipinski definition) is 4. The van der Waals surface area contributed by atoms with Crippen LogP contribution in [0.3, 0.4) is 0 Å². The molecule has 1 aromatic rings. The minimum absolute atomic E-state index is 0.0772. The van der Waals surface area contributed by atoms with Crippen molar-refractivity contribution in [3.8, 4) is 0 Å². The van der Waals surface area contributed by atoms with Crippen LogP contribution >= 0.6 is 0 Å². The van der Waals surface area contributed by atoms with Crippen LogP contribution in [0.25, 0.3) is 0 Å². The SMILES string of the molecule is Cc1cncc(CC(=O)C23CCCC(N)(CC2)C3)n1. The van der Waals surface area contributed by atoms with E-state index in [4.69, 9.17) is 5.73 Å². The molecule has 4 heteroatoms. The van der Waals surface area contributed by atoms with Gasteiger partial charge in [-0.1, -0.05) is 6.42 Å². The average molecular weight is 259 g/mol. The first-order valence-corrected chi connectivity index (χ1v) is 7.11. The molecule has 0 radical (unpaired) electrons. The van der Waals surface area contributed by atoms with Gasteiger partial charge in [0.15, 0.2) is 0 Å². The van der Waals surface area contributed by atoms with Crippen molar-refractivity contribution in [1.29, 1.82) is 0 Å². The van der Waals surface area contributed by atoms with Crippen molar-refractivity contribution in [3.05, 3.63) is 23.8 Å². The number of ketones is 1. The van der Waals surface area contributed by atoms with Crippen molar-refractivity contribution in [2.75, 3.05) is 0 Å². The van der Waals surface area contributed by atoms with E-state index in [-0.39, 0.29) is 11.0 Å². The molecule has 2 atom stereocenters. The zero-order valence-corrected chi connectivity index (χ0v) is 11.5. The van der Waals surface area contributed by atoms with Gasteiger partial charge in [-0.25, -0.2) is 0 Å². The van der Waals surface area contributed by atoms with Gasteiger partial charge in [-0.05, 0) is 39.0 Å². The van der Waals surface area contributed by atoms with Crippen LogP contribution in [0, 0.1) is 12.3 Å². The van der Waals surface area contributed by atoms with Crippen LogP contribution in [-0.4, -0.2) is 21.3 Å². The summed E-state index contributed by atoms with van der Waals surface area (Å²) in [4.78, 5) is 21.2. The first-order chi connectivity index (χ1) is 9.01. The molecule has 0 aliphatic heterocycles. The van der Waals surface area contributed by atoms with Crippen LogP contribution in [0.1, 0.15) is 49.9 Å². The Morgan fingerprint density at radius 1 is 1.32 bits per heavy atom. The number of fused-ring (bicyclic) bond motifs is 2. The van der Waals surface area contributed by atoms with E-state index < -0.39 is 0 Å². The van der Waals surface area contributed by atoms with Crippen molar-refractivity contribution in [1.82, 2.24) is 9.97 Å². The number of nitrogens with zero attached hydrogens (tertiary/aromatic N) is 2. The Bertz CT molecular complexity index is 516. The summed E-state index contributed by atoms with van der Waals surface area (Å²) in [6, 6.07) is 0. The molecule has 1 aromatic heterocycles. The third-order valence-electron chi connectivity index (χ3n) is 4.86. The summed E-state index contributed by atoms with van der Waals surface area (Å²) >= 11 is 0. The zero-order chi connectivity index (χ0) is 13.5. The fourth-order valence-electron chi connectivity index (χ4n) is 3.87. The smallest absolute Gasteiger partial charge is 0.145 e. The maximum atomic E-state index is 12.7. The van der Waals surface area contributed by atoms with Crippen LogP contribution in [0.2, 0.25) is 0 Å². The van der Waals surface area contributed by atoms with Crippen molar-refractivity contribution in [2.24, 2.45) is 11.1 Å². The van der Waals surface area contributed by atoms with E-state index in [1.165, 1.54) is 0 Å². The first kappa shape index (κ1) is 12.7. The highest BCUT2D eigenvalue weighted by molar-refractivity contribution is 5.87. The Morgan fingerprint density at radius 2 is 2.16 bits per heavy atom. The van der Waals surface area contributed by atoms with Gasteiger partial charge in [0.2, 0.25) is 0 Å². The molecule has 0 amide bonds. The fraction of sp³-hybridized carbons (Fsp3) is 0.667. The topological polar surface area (TPSA) is 68.9 Å². The maximum Gasteiger partial charge on any atom is 0.145 e. The second-order valence-electron chi connectivity index (χ2n) is 6.42. The Balaban J connectivity index is 1.77. The molecule has 2 saturated carbocycles. The molecule has 2 aliphatic carbocycles. The molecule has 2 fully saturated rings. The van der Waals surface area contributed by atoms with Crippen LogP contribution in [0.5, 0.6) is 0 Å². The van der Waals surface area contributed by atoms with Crippen molar-refractivity contribution >= 4 is 5.78 Å². The quantitative estimate of drug-likeness (QED) is 0.900. The number of nitrogens with two attached hydrogens (primary N) is 1. The normalized spacial score (nSPS) is 33.4. The summed E-state index contributed by atoms with van der Waals surface area (Å²) in [6.45, 7) is 1.90. The Hall–Kier alpha value is -1.29. The van der Waals surface area contributed by atoms with Gasteiger partial charge in [0.25, 0.3) is 0 Å². The highest BCUT2D eigenvalue weighted by Crippen LogP contribution is 2.53. The van der Waals surface area contributed by atoms with Gasteiger partial charge in [-0.3, -0.25) is 14.8 Å². The second kappa shape index (κ2) is 4.37. The summed E-state index contributed by atoms with van der Waals surface area (Å²) in [5.74, 6) is 0.319. The average Bonchev–Trinajstić information content (AvgIpc) is 2.61. The number of hydrogen-bond donors (Lipinski definition) is 1. The monoisotopic (exact) mass is 259 g/mol. The summed E-state index contributed by atoms with van der Waals surface area (Å²) in [7, 11) is 0. The first-order valence-electron chi connectivity index (χ1n) is 7.11. The zero-order valence-electron chi connectivity index (χ0n) is 11.5. The third kappa shape index (κ3) is 2.29. The lowest BCUT2D eigenvalue weighted by atomic mass is 9.70. The molecule has 2 aliphatic rings. The molecule has 3 rings (SSSR count). The third-order valence-corrected chi connectivity index (χ3v) is 4.86. The van der Waals surface area contributed by atoms with E-state index >= 15 is 0 Å². The number of rotatable bonds is 3. The van der Waals surface area contributed by atoms with Gasteiger partial charge in [-0.15, -0.1) is 0 Å². The fourth-order valence-corrected chi connectivity index (χ4v) is 3.87. The molecular formula is C15H21N3O. The number of carbonyl (C=O) groups excluding carboxylic acids is 1. The predicted octanol–water partition coefficient (Wildman–Crippen LogP) is 1.95. The molecule has 2 bridgehead atoms. The van der Waals surface area contributed by atoms with Crippen LogP contribution < -0.4 is 5.73 Å². The van der Waals surface area contributed by atoms with Crippen LogP contribution in [0.15, 0.2) is 12.4 Å². The van der Waals surface area contributed by atoms with E-state index in [9.17, 15) is 4.79 Å². The molecule has 102 valence electrons. The number of carbonyl (C=O) groups is 1. The van der Waals surface area contributed by atoms with E-state index in [0.29, 0.717) is 12.2 Å².